The van der Waals surface area contributed by atoms with E-state index in [2.05, 4.69) is 16.5 Å². The minimum atomic E-state index is -0.350. The molecule has 1 saturated heterocycles. The molecule has 0 bridgehead atoms. The Bertz CT molecular complexity index is 563. The normalized spacial score (nSPS) is 16.2. The van der Waals surface area contributed by atoms with E-state index in [1.165, 1.54) is 19.9 Å². The fraction of sp³-hybridized carbons (Fsp3) is 0.571. The maximum absolute atomic E-state index is 12.2. The molecule has 0 unspecified atom stereocenters. The molecular weight excluding hydrogens is 242 g/mol. The van der Waals surface area contributed by atoms with Gasteiger partial charge in [0.1, 0.15) is 5.82 Å². The van der Waals surface area contributed by atoms with E-state index < -0.39 is 0 Å². The predicted molar refractivity (Wildman–Crippen MR) is 76.9 cm³/mol. The van der Waals surface area contributed by atoms with Crippen molar-refractivity contribution < 1.29 is 0 Å². The molecule has 0 spiro atoms. The number of nitrogens with one attached hydrogen (secondary N) is 1. The van der Waals surface area contributed by atoms with Crippen molar-refractivity contribution in [2.24, 2.45) is 7.05 Å². The summed E-state index contributed by atoms with van der Waals surface area (Å²) in [4.78, 5) is 29.0. The van der Waals surface area contributed by atoms with Crippen LogP contribution >= 0.6 is 0 Å². The van der Waals surface area contributed by atoms with Crippen LogP contribution in [-0.2, 0) is 13.5 Å². The second kappa shape index (κ2) is 5.91. The van der Waals surface area contributed by atoms with Crippen LogP contribution in [0.1, 0.15) is 31.2 Å². The molecule has 0 aliphatic carbocycles. The molecule has 0 atom stereocenters. The van der Waals surface area contributed by atoms with Gasteiger partial charge in [-0.05, 0) is 19.3 Å². The van der Waals surface area contributed by atoms with E-state index in [-0.39, 0.29) is 11.2 Å². The molecule has 5 heteroatoms. The van der Waals surface area contributed by atoms with Crippen molar-refractivity contribution in [3.8, 4) is 0 Å². The number of allylic oxidation sites excluding steroid dienone is 1. The summed E-state index contributed by atoms with van der Waals surface area (Å²) in [5.41, 5.74) is 0.0685. The lowest BCUT2D eigenvalue weighted by molar-refractivity contribution is 0.719. The maximum Gasteiger partial charge on any atom is 0.329 e. The van der Waals surface area contributed by atoms with Crippen molar-refractivity contribution in [1.82, 2.24) is 9.55 Å². The Balaban J connectivity index is 2.50. The van der Waals surface area contributed by atoms with Crippen LogP contribution in [0.25, 0.3) is 0 Å². The van der Waals surface area contributed by atoms with Gasteiger partial charge in [0.25, 0.3) is 5.56 Å². The largest absolute Gasteiger partial charge is 0.358 e. The molecule has 0 amide bonds. The van der Waals surface area contributed by atoms with Gasteiger partial charge in [-0.25, -0.2) is 4.79 Å². The van der Waals surface area contributed by atoms with Gasteiger partial charge in [-0.15, -0.1) is 6.58 Å². The Kier molecular flexibility index (Phi) is 4.24. The van der Waals surface area contributed by atoms with E-state index in [1.54, 1.807) is 6.08 Å². The first-order valence-electron chi connectivity index (χ1n) is 6.83. The molecule has 2 rings (SSSR count). The Labute approximate surface area is 112 Å². The molecule has 1 aliphatic rings. The zero-order valence-corrected chi connectivity index (χ0v) is 11.4. The molecule has 1 aromatic heterocycles. The van der Waals surface area contributed by atoms with Crippen LogP contribution in [0.2, 0.25) is 0 Å². The molecule has 0 saturated carbocycles. The van der Waals surface area contributed by atoms with Crippen LogP contribution in [0.15, 0.2) is 22.2 Å². The van der Waals surface area contributed by atoms with Gasteiger partial charge in [-0.1, -0.05) is 18.9 Å². The first kappa shape index (κ1) is 13.6. The fourth-order valence-corrected chi connectivity index (χ4v) is 2.55. The van der Waals surface area contributed by atoms with Crippen molar-refractivity contribution in [2.45, 2.75) is 32.1 Å². The lowest BCUT2D eigenvalue weighted by Gasteiger charge is -2.24. The van der Waals surface area contributed by atoms with Gasteiger partial charge in [0, 0.05) is 20.1 Å². The summed E-state index contributed by atoms with van der Waals surface area (Å²) < 4.78 is 1.13. The number of rotatable bonds is 3. The Morgan fingerprint density at radius 2 is 1.84 bits per heavy atom. The third-order valence-electron chi connectivity index (χ3n) is 3.65. The van der Waals surface area contributed by atoms with Crippen molar-refractivity contribution >= 4 is 5.82 Å². The highest BCUT2D eigenvalue weighted by Gasteiger charge is 2.18. The highest BCUT2D eigenvalue weighted by Crippen LogP contribution is 2.18. The van der Waals surface area contributed by atoms with E-state index in [4.69, 9.17) is 0 Å². The SMILES string of the molecule is C=CCc1c(N2CCCCCC2)[nH]c(=O)n(C)c1=O. The Morgan fingerprint density at radius 1 is 1.21 bits per heavy atom. The van der Waals surface area contributed by atoms with Gasteiger partial charge in [-0.2, -0.15) is 0 Å². The van der Waals surface area contributed by atoms with Crippen LogP contribution in [0.5, 0.6) is 0 Å². The number of hydrogen-bond acceptors (Lipinski definition) is 3. The summed E-state index contributed by atoms with van der Waals surface area (Å²) in [6.07, 6.45) is 6.81. The summed E-state index contributed by atoms with van der Waals surface area (Å²) in [7, 11) is 1.50. The van der Waals surface area contributed by atoms with Crippen molar-refractivity contribution in [3.05, 3.63) is 39.1 Å². The third kappa shape index (κ3) is 2.80. The van der Waals surface area contributed by atoms with Gasteiger partial charge in [0.2, 0.25) is 0 Å². The fourth-order valence-electron chi connectivity index (χ4n) is 2.55. The minimum absolute atomic E-state index is 0.220. The Hall–Kier alpha value is -1.78. The van der Waals surface area contributed by atoms with Gasteiger partial charge in [0.05, 0.1) is 5.56 Å². The number of nitrogens with zero attached hydrogens (tertiary/aromatic N) is 2. The molecule has 104 valence electrons. The molecular formula is C14H21N3O2. The monoisotopic (exact) mass is 263 g/mol. The highest BCUT2D eigenvalue weighted by atomic mass is 16.2. The van der Waals surface area contributed by atoms with Crippen LogP contribution < -0.4 is 16.1 Å². The molecule has 5 nitrogen and oxygen atoms in total. The smallest absolute Gasteiger partial charge is 0.329 e. The van der Waals surface area contributed by atoms with Gasteiger partial charge < -0.3 is 4.90 Å². The number of H-pyrrole nitrogens is 1. The number of anilines is 1. The van der Waals surface area contributed by atoms with E-state index in [1.807, 2.05) is 0 Å². The molecule has 1 aromatic rings. The van der Waals surface area contributed by atoms with E-state index in [0.717, 1.165) is 30.5 Å². The zero-order chi connectivity index (χ0) is 13.8. The van der Waals surface area contributed by atoms with Crippen LogP contribution in [-0.4, -0.2) is 22.6 Å². The molecule has 2 heterocycles. The lowest BCUT2D eigenvalue weighted by Crippen LogP contribution is -2.39. The quantitative estimate of drug-likeness (QED) is 0.833. The topological polar surface area (TPSA) is 58.1 Å². The van der Waals surface area contributed by atoms with E-state index in [9.17, 15) is 9.59 Å². The van der Waals surface area contributed by atoms with Gasteiger partial charge in [0.15, 0.2) is 0 Å². The van der Waals surface area contributed by atoms with Crippen molar-refractivity contribution in [1.29, 1.82) is 0 Å². The molecule has 0 radical (unpaired) electrons. The van der Waals surface area contributed by atoms with Crippen LogP contribution in [0.3, 0.4) is 0 Å². The molecule has 0 aromatic carbocycles. The Morgan fingerprint density at radius 3 is 2.42 bits per heavy atom. The average Bonchev–Trinajstić information content (AvgIpc) is 2.68. The molecule has 1 fully saturated rings. The number of aromatic nitrogens is 2. The average molecular weight is 263 g/mol. The zero-order valence-electron chi connectivity index (χ0n) is 11.4. The standard InChI is InChI=1S/C14H21N3O2/c1-3-8-11-12(15-14(19)16(2)13(11)18)17-9-6-4-5-7-10-17/h3H,1,4-10H2,2H3,(H,15,19). The second-order valence-corrected chi connectivity index (χ2v) is 5.02. The summed E-state index contributed by atoms with van der Waals surface area (Å²) >= 11 is 0. The number of hydrogen-bond donors (Lipinski definition) is 1. The van der Waals surface area contributed by atoms with Crippen LogP contribution in [0.4, 0.5) is 5.82 Å². The first-order valence-corrected chi connectivity index (χ1v) is 6.83. The van der Waals surface area contributed by atoms with E-state index >= 15 is 0 Å². The van der Waals surface area contributed by atoms with Gasteiger partial charge >= 0.3 is 5.69 Å². The molecule has 19 heavy (non-hydrogen) atoms. The second-order valence-electron chi connectivity index (χ2n) is 5.02. The predicted octanol–water partition coefficient (Wildman–Crippen LogP) is 1.18. The summed E-state index contributed by atoms with van der Waals surface area (Å²) in [6.45, 7) is 5.49. The highest BCUT2D eigenvalue weighted by molar-refractivity contribution is 5.46. The maximum atomic E-state index is 12.2. The summed E-state index contributed by atoms with van der Waals surface area (Å²) in [5.74, 6) is 0.690. The third-order valence-corrected chi connectivity index (χ3v) is 3.65. The summed E-state index contributed by atoms with van der Waals surface area (Å²) in [5, 5.41) is 0. The lowest BCUT2D eigenvalue weighted by atomic mass is 10.2. The van der Waals surface area contributed by atoms with Crippen molar-refractivity contribution in [2.75, 3.05) is 18.0 Å². The minimum Gasteiger partial charge on any atom is -0.358 e. The number of aromatic amines is 1. The molecule has 1 aliphatic heterocycles. The van der Waals surface area contributed by atoms with E-state index in [0.29, 0.717) is 17.8 Å². The van der Waals surface area contributed by atoms with Crippen LogP contribution in [0, 0.1) is 0 Å². The van der Waals surface area contributed by atoms with Crippen molar-refractivity contribution in [3.63, 3.8) is 0 Å². The molecule has 1 N–H and O–H groups in total. The summed E-state index contributed by atoms with van der Waals surface area (Å²) in [6, 6.07) is 0. The van der Waals surface area contributed by atoms with Gasteiger partial charge in [-0.3, -0.25) is 14.3 Å². The first-order chi connectivity index (χ1) is 9.15.